The monoisotopic (exact) mass is 393 g/mol. The fourth-order valence-electron chi connectivity index (χ4n) is 2.21. The third-order valence-electron chi connectivity index (χ3n) is 3.54. The summed E-state index contributed by atoms with van der Waals surface area (Å²) in [4.78, 5) is 40.4. The third-order valence-corrected chi connectivity index (χ3v) is 4.37. The summed E-state index contributed by atoms with van der Waals surface area (Å²) < 4.78 is 9.96. The molecule has 1 amide bonds. The zero-order chi connectivity index (χ0) is 19.8. The Labute approximate surface area is 159 Å². The number of hydrogen-bond acceptors (Lipinski definition) is 8. The number of nitro groups is 1. The zero-order valence-corrected chi connectivity index (χ0v) is 15.7. The van der Waals surface area contributed by atoms with Gasteiger partial charge < -0.3 is 14.4 Å². The second-order valence-corrected chi connectivity index (χ2v) is 6.31. The lowest BCUT2D eigenvalue weighted by Crippen LogP contribution is -2.33. The van der Waals surface area contributed by atoms with Crippen molar-refractivity contribution in [1.29, 1.82) is 0 Å². The predicted octanol–water partition coefficient (Wildman–Crippen LogP) is 2.52. The number of carbonyl (C=O) groups excluding carboxylic acids is 2. The first-order chi connectivity index (χ1) is 13.0. The zero-order valence-electron chi connectivity index (χ0n) is 14.9. The van der Waals surface area contributed by atoms with E-state index in [-0.39, 0.29) is 30.4 Å². The van der Waals surface area contributed by atoms with E-state index in [1.54, 1.807) is 12.3 Å². The topological polar surface area (TPSA) is 112 Å². The largest absolute Gasteiger partial charge is 0.461 e. The van der Waals surface area contributed by atoms with Gasteiger partial charge in [0.05, 0.1) is 24.7 Å². The van der Waals surface area contributed by atoms with Gasteiger partial charge in [-0.05, 0) is 19.1 Å². The molecule has 2 rings (SSSR count). The van der Waals surface area contributed by atoms with Gasteiger partial charge in [-0.15, -0.1) is 11.3 Å². The van der Waals surface area contributed by atoms with Crippen LogP contribution in [-0.4, -0.2) is 53.6 Å². The van der Waals surface area contributed by atoms with Crippen molar-refractivity contribution in [2.24, 2.45) is 0 Å². The van der Waals surface area contributed by atoms with Crippen molar-refractivity contribution in [1.82, 2.24) is 9.88 Å². The van der Waals surface area contributed by atoms with Crippen LogP contribution in [0.5, 0.6) is 0 Å². The van der Waals surface area contributed by atoms with Crippen LogP contribution in [0.4, 0.5) is 5.69 Å². The van der Waals surface area contributed by atoms with Gasteiger partial charge in [0.1, 0.15) is 5.01 Å². The molecule has 0 saturated heterocycles. The van der Waals surface area contributed by atoms with Crippen LogP contribution in [0.1, 0.15) is 32.8 Å². The first-order valence-electron chi connectivity index (χ1n) is 8.10. The number of hydrogen-bond donors (Lipinski definition) is 0. The molecular weight excluding hydrogens is 374 g/mol. The Morgan fingerprint density at radius 1 is 1.30 bits per heavy atom. The van der Waals surface area contributed by atoms with Gasteiger partial charge in [-0.1, -0.05) is 0 Å². The van der Waals surface area contributed by atoms with Gasteiger partial charge >= 0.3 is 5.97 Å². The summed E-state index contributed by atoms with van der Waals surface area (Å²) >= 11 is 1.25. The van der Waals surface area contributed by atoms with E-state index in [0.29, 0.717) is 23.7 Å². The van der Waals surface area contributed by atoms with Crippen molar-refractivity contribution in [3.05, 3.63) is 56.0 Å². The van der Waals surface area contributed by atoms with Crippen LogP contribution in [0.3, 0.4) is 0 Å². The van der Waals surface area contributed by atoms with Crippen LogP contribution in [-0.2, 0) is 16.0 Å². The summed E-state index contributed by atoms with van der Waals surface area (Å²) in [6.45, 7) is 2.77. The van der Waals surface area contributed by atoms with E-state index in [2.05, 4.69) is 4.98 Å². The van der Waals surface area contributed by atoms with Crippen molar-refractivity contribution < 1.29 is 24.0 Å². The molecule has 144 valence electrons. The average Bonchev–Trinajstić information content (AvgIpc) is 3.13. The summed E-state index contributed by atoms with van der Waals surface area (Å²) in [6.07, 6.45) is 0. The number of esters is 1. The molecule has 0 radical (unpaired) electrons. The number of aromatic nitrogens is 1. The second kappa shape index (κ2) is 9.74. The minimum atomic E-state index is -0.524. The first-order valence-corrected chi connectivity index (χ1v) is 8.98. The minimum Gasteiger partial charge on any atom is -0.461 e. The van der Waals surface area contributed by atoms with Crippen LogP contribution >= 0.6 is 11.3 Å². The summed E-state index contributed by atoms with van der Waals surface area (Å²) in [7, 11) is 1.52. The Kier molecular flexibility index (Phi) is 7.38. The average molecular weight is 393 g/mol. The molecule has 0 aliphatic carbocycles. The van der Waals surface area contributed by atoms with Gasteiger partial charge in [0.15, 0.2) is 5.69 Å². The van der Waals surface area contributed by atoms with E-state index in [1.165, 1.54) is 47.6 Å². The highest BCUT2D eigenvalue weighted by molar-refractivity contribution is 7.09. The number of carbonyl (C=O) groups is 2. The number of amides is 1. The van der Waals surface area contributed by atoms with Crippen molar-refractivity contribution in [2.45, 2.75) is 13.5 Å². The molecule has 0 spiro atoms. The van der Waals surface area contributed by atoms with Crippen LogP contribution in [0.2, 0.25) is 0 Å². The molecule has 2 aromatic rings. The Hall–Kier alpha value is -2.85. The molecule has 0 atom stereocenters. The number of methoxy groups -OCH3 is 1. The maximum Gasteiger partial charge on any atom is 0.357 e. The third kappa shape index (κ3) is 5.56. The number of benzene rings is 1. The summed E-state index contributed by atoms with van der Waals surface area (Å²) in [5, 5.41) is 12.9. The molecule has 27 heavy (non-hydrogen) atoms. The van der Waals surface area contributed by atoms with Gasteiger partial charge in [0, 0.05) is 36.7 Å². The molecule has 1 aromatic carbocycles. The molecule has 0 unspecified atom stereocenters. The van der Waals surface area contributed by atoms with E-state index in [4.69, 9.17) is 9.47 Å². The number of nitro benzene ring substituents is 1. The number of rotatable bonds is 9. The summed E-state index contributed by atoms with van der Waals surface area (Å²) in [5.41, 5.74) is 0.430. The standard InChI is InChI=1S/C17H19N3O6S/c1-3-26-17(22)14-11-27-15(18-14)10-19(8-9-25-2)16(21)12-4-6-13(7-5-12)20(23)24/h4-7,11H,3,8-10H2,1-2H3. The van der Waals surface area contributed by atoms with Crippen molar-refractivity contribution in [3.8, 4) is 0 Å². The molecule has 0 aliphatic heterocycles. The Bertz CT molecular complexity index is 805. The Morgan fingerprint density at radius 3 is 2.59 bits per heavy atom. The molecule has 0 fully saturated rings. The fraction of sp³-hybridized carbons (Fsp3) is 0.353. The molecule has 0 aliphatic rings. The predicted molar refractivity (Wildman–Crippen MR) is 97.8 cm³/mol. The quantitative estimate of drug-likeness (QED) is 0.365. The number of nitrogens with zero attached hydrogens (tertiary/aromatic N) is 3. The molecular formula is C17H19N3O6S. The molecule has 9 nitrogen and oxygen atoms in total. The van der Waals surface area contributed by atoms with Gasteiger partial charge in [-0.3, -0.25) is 14.9 Å². The van der Waals surface area contributed by atoms with Gasteiger partial charge in [-0.25, -0.2) is 9.78 Å². The van der Waals surface area contributed by atoms with E-state index in [9.17, 15) is 19.7 Å². The Morgan fingerprint density at radius 2 is 2.00 bits per heavy atom. The van der Waals surface area contributed by atoms with Crippen molar-refractivity contribution >= 4 is 28.9 Å². The van der Waals surface area contributed by atoms with Crippen LogP contribution in [0.25, 0.3) is 0 Å². The SMILES string of the molecule is CCOC(=O)c1csc(CN(CCOC)C(=O)c2ccc([N+](=O)[O-])cc2)n1. The first kappa shape index (κ1) is 20.5. The smallest absolute Gasteiger partial charge is 0.357 e. The van der Waals surface area contributed by atoms with Crippen molar-refractivity contribution in [2.75, 3.05) is 26.9 Å². The minimum absolute atomic E-state index is 0.0889. The normalized spacial score (nSPS) is 10.4. The number of ether oxygens (including phenoxy) is 2. The van der Waals surface area contributed by atoms with E-state index in [1.807, 2.05) is 0 Å². The molecule has 0 saturated carbocycles. The number of non-ortho nitro benzene ring substituents is 1. The Balaban J connectivity index is 2.15. The van der Waals surface area contributed by atoms with E-state index < -0.39 is 10.9 Å². The van der Waals surface area contributed by atoms with Crippen molar-refractivity contribution in [3.63, 3.8) is 0 Å². The van der Waals surface area contributed by atoms with Crippen LogP contribution in [0, 0.1) is 10.1 Å². The lowest BCUT2D eigenvalue weighted by atomic mass is 10.2. The molecule has 0 bridgehead atoms. The summed E-state index contributed by atoms with van der Waals surface area (Å²) in [5.74, 6) is -0.819. The maximum absolute atomic E-state index is 12.8. The maximum atomic E-state index is 12.8. The molecule has 1 heterocycles. The lowest BCUT2D eigenvalue weighted by Gasteiger charge is -2.21. The molecule has 10 heteroatoms. The molecule has 0 N–H and O–H groups in total. The van der Waals surface area contributed by atoms with Gasteiger partial charge in [0.25, 0.3) is 11.6 Å². The van der Waals surface area contributed by atoms with E-state index in [0.717, 1.165) is 0 Å². The van der Waals surface area contributed by atoms with Crippen LogP contribution in [0.15, 0.2) is 29.6 Å². The second-order valence-electron chi connectivity index (χ2n) is 5.37. The molecule has 1 aromatic heterocycles. The van der Waals surface area contributed by atoms with E-state index >= 15 is 0 Å². The lowest BCUT2D eigenvalue weighted by molar-refractivity contribution is -0.384. The van der Waals surface area contributed by atoms with Crippen LogP contribution < -0.4 is 0 Å². The fourth-order valence-corrected chi connectivity index (χ4v) is 2.99. The highest BCUT2D eigenvalue weighted by Gasteiger charge is 2.20. The van der Waals surface area contributed by atoms with Gasteiger partial charge in [-0.2, -0.15) is 0 Å². The highest BCUT2D eigenvalue weighted by atomic mass is 32.1. The number of thiazole rings is 1. The summed E-state index contributed by atoms with van der Waals surface area (Å²) in [6, 6.07) is 5.38. The van der Waals surface area contributed by atoms with Gasteiger partial charge in [0.2, 0.25) is 0 Å². The highest BCUT2D eigenvalue weighted by Crippen LogP contribution is 2.17.